The minimum atomic E-state index is 0.118. The third kappa shape index (κ3) is 1.08. The zero-order chi connectivity index (χ0) is 7.68. The number of nitrogens with zero attached hydrogens (tertiary/aromatic N) is 3. The number of rotatable bonds is 1. The van der Waals surface area contributed by atoms with Gasteiger partial charge in [0.25, 0.3) is 0 Å². The molecule has 0 aromatic rings. The number of ether oxygens (including phenoxy) is 1. The van der Waals surface area contributed by atoms with Crippen molar-refractivity contribution in [3.8, 4) is 0 Å². The van der Waals surface area contributed by atoms with E-state index in [-0.39, 0.29) is 12.1 Å². The molecule has 0 bridgehead atoms. The molecular formula is C7H11N3O. The first-order valence-electron chi connectivity index (χ1n) is 4.07. The largest absolute Gasteiger partial charge is 0.377 e. The Kier molecular flexibility index (Phi) is 1.72. The summed E-state index contributed by atoms with van der Waals surface area (Å²) in [4.78, 5) is 2.82. The third-order valence-corrected chi connectivity index (χ3v) is 2.68. The molecule has 1 saturated heterocycles. The van der Waals surface area contributed by atoms with E-state index in [9.17, 15) is 0 Å². The van der Waals surface area contributed by atoms with Crippen molar-refractivity contribution < 1.29 is 4.74 Å². The van der Waals surface area contributed by atoms with Crippen molar-refractivity contribution in [1.29, 1.82) is 0 Å². The van der Waals surface area contributed by atoms with Gasteiger partial charge in [-0.25, -0.2) is 0 Å². The second-order valence-electron chi connectivity index (χ2n) is 3.23. The Morgan fingerprint density at radius 1 is 1.36 bits per heavy atom. The van der Waals surface area contributed by atoms with Gasteiger partial charge >= 0.3 is 0 Å². The number of azide groups is 1. The summed E-state index contributed by atoms with van der Waals surface area (Å²) in [5, 5.41) is 3.72. The van der Waals surface area contributed by atoms with E-state index in [1.54, 1.807) is 0 Å². The van der Waals surface area contributed by atoms with E-state index in [1.807, 2.05) is 0 Å². The summed E-state index contributed by atoms with van der Waals surface area (Å²) in [5.41, 5.74) is 8.25. The summed E-state index contributed by atoms with van der Waals surface area (Å²) in [6.45, 7) is 0.854. The van der Waals surface area contributed by atoms with E-state index in [4.69, 9.17) is 10.3 Å². The average Bonchev–Trinajstić information content (AvgIpc) is 2.53. The van der Waals surface area contributed by atoms with Crippen LogP contribution in [0.1, 0.15) is 19.3 Å². The van der Waals surface area contributed by atoms with E-state index in [0.29, 0.717) is 5.92 Å². The highest BCUT2D eigenvalue weighted by Crippen LogP contribution is 2.37. The second-order valence-corrected chi connectivity index (χ2v) is 3.23. The zero-order valence-corrected chi connectivity index (χ0v) is 6.31. The van der Waals surface area contributed by atoms with Crippen molar-refractivity contribution in [2.75, 3.05) is 6.61 Å². The monoisotopic (exact) mass is 153 g/mol. The van der Waals surface area contributed by atoms with Crippen LogP contribution in [0.25, 0.3) is 10.4 Å². The topological polar surface area (TPSA) is 58.0 Å². The fourth-order valence-electron chi connectivity index (χ4n) is 2.13. The molecule has 3 atom stereocenters. The van der Waals surface area contributed by atoms with Gasteiger partial charge in [0.15, 0.2) is 0 Å². The maximum atomic E-state index is 8.25. The molecule has 1 heterocycles. The average molecular weight is 153 g/mol. The summed E-state index contributed by atoms with van der Waals surface area (Å²) in [5.74, 6) is 0.672. The van der Waals surface area contributed by atoms with Gasteiger partial charge < -0.3 is 4.74 Å². The van der Waals surface area contributed by atoms with Crippen LogP contribution in [0.15, 0.2) is 5.11 Å². The summed E-state index contributed by atoms with van der Waals surface area (Å²) >= 11 is 0. The smallest absolute Gasteiger partial charge is 0.0688 e. The standard InChI is InChI=1S/C7H11N3O/c8-10-9-6-2-1-5-3-4-11-7(5)6/h5-7H,1-4H2/t5-,6+,7+/m0/s1. The predicted octanol–water partition coefficient (Wildman–Crippen LogP) is 1.86. The molecular weight excluding hydrogens is 142 g/mol. The van der Waals surface area contributed by atoms with E-state index in [1.165, 1.54) is 6.42 Å². The molecule has 4 nitrogen and oxygen atoms in total. The van der Waals surface area contributed by atoms with Gasteiger partial charge in [-0.15, -0.1) is 0 Å². The van der Waals surface area contributed by atoms with Crippen molar-refractivity contribution in [3.05, 3.63) is 10.4 Å². The van der Waals surface area contributed by atoms with Gasteiger partial charge in [0, 0.05) is 11.5 Å². The second kappa shape index (κ2) is 2.72. The highest BCUT2D eigenvalue weighted by Gasteiger charge is 2.39. The van der Waals surface area contributed by atoms with Gasteiger partial charge in [0.2, 0.25) is 0 Å². The summed E-state index contributed by atoms with van der Waals surface area (Å²) < 4.78 is 5.48. The minimum absolute atomic E-state index is 0.118. The van der Waals surface area contributed by atoms with Gasteiger partial charge in [-0.3, -0.25) is 0 Å². The molecule has 2 fully saturated rings. The number of fused-ring (bicyclic) bond motifs is 1. The molecule has 0 N–H and O–H groups in total. The molecule has 1 aliphatic carbocycles. The molecule has 4 heteroatoms. The quantitative estimate of drug-likeness (QED) is 0.322. The Labute approximate surface area is 65.2 Å². The third-order valence-electron chi connectivity index (χ3n) is 2.68. The number of hydrogen-bond acceptors (Lipinski definition) is 2. The first-order chi connectivity index (χ1) is 5.42. The van der Waals surface area contributed by atoms with E-state index >= 15 is 0 Å². The van der Waals surface area contributed by atoms with Crippen LogP contribution in [0.2, 0.25) is 0 Å². The van der Waals surface area contributed by atoms with Crippen molar-refractivity contribution in [2.24, 2.45) is 11.0 Å². The summed E-state index contributed by atoms with van der Waals surface area (Å²) in [6, 6.07) is 0.118. The lowest BCUT2D eigenvalue weighted by atomic mass is 10.1. The van der Waals surface area contributed by atoms with Crippen LogP contribution in [-0.4, -0.2) is 18.8 Å². The first-order valence-corrected chi connectivity index (χ1v) is 4.07. The van der Waals surface area contributed by atoms with E-state index in [2.05, 4.69) is 10.0 Å². The fraction of sp³-hybridized carbons (Fsp3) is 1.00. The molecule has 2 aliphatic rings. The highest BCUT2D eigenvalue weighted by molar-refractivity contribution is 4.93. The molecule has 11 heavy (non-hydrogen) atoms. The van der Waals surface area contributed by atoms with Gasteiger partial charge in [-0.2, -0.15) is 0 Å². The Hall–Kier alpha value is -0.730. The Balaban J connectivity index is 2.08. The van der Waals surface area contributed by atoms with Crippen LogP contribution < -0.4 is 0 Å². The molecule has 2 rings (SSSR count). The van der Waals surface area contributed by atoms with Crippen LogP contribution in [-0.2, 0) is 4.74 Å². The lowest BCUT2D eigenvalue weighted by Crippen LogP contribution is -2.20. The molecule has 0 aromatic carbocycles. The molecule has 0 aromatic heterocycles. The molecule has 0 radical (unpaired) electrons. The SMILES string of the molecule is [N-]=[N+]=N[C@@H]1CC[C@H]2CCO[C@H]21. The van der Waals surface area contributed by atoms with Crippen LogP contribution in [0.5, 0.6) is 0 Å². The molecule has 60 valence electrons. The highest BCUT2D eigenvalue weighted by atomic mass is 16.5. The summed E-state index contributed by atoms with van der Waals surface area (Å²) in [7, 11) is 0. The van der Waals surface area contributed by atoms with E-state index < -0.39 is 0 Å². The van der Waals surface area contributed by atoms with Gasteiger partial charge in [0.1, 0.15) is 0 Å². The Morgan fingerprint density at radius 2 is 2.27 bits per heavy atom. The lowest BCUT2D eigenvalue weighted by molar-refractivity contribution is 0.0901. The molecule has 0 amide bonds. The van der Waals surface area contributed by atoms with Gasteiger partial charge in [0.05, 0.1) is 12.1 Å². The zero-order valence-electron chi connectivity index (χ0n) is 6.31. The van der Waals surface area contributed by atoms with Crippen LogP contribution in [0, 0.1) is 5.92 Å². The molecule has 0 unspecified atom stereocenters. The van der Waals surface area contributed by atoms with Gasteiger partial charge in [-0.1, -0.05) is 5.11 Å². The van der Waals surface area contributed by atoms with Crippen molar-refractivity contribution in [1.82, 2.24) is 0 Å². The molecule has 1 saturated carbocycles. The van der Waals surface area contributed by atoms with Crippen molar-refractivity contribution in [3.63, 3.8) is 0 Å². The van der Waals surface area contributed by atoms with Crippen molar-refractivity contribution >= 4 is 0 Å². The van der Waals surface area contributed by atoms with Gasteiger partial charge in [-0.05, 0) is 30.7 Å². The lowest BCUT2D eigenvalue weighted by Gasteiger charge is -2.11. The maximum Gasteiger partial charge on any atom is 0.0688 e. The fourth-order valence-corrected chi connectivity index (χ4v) is 2.13. The van der Waals surface area contributed by atoms with Crippen LogP contribution in [0.4, 0.5) is 0 Å². The normalized spacial score (nSPS) is 41.6. The molecule has 1 aliphatic heterocycles. The minimum Gasteiger partial charge on any atom is -0.377 e. The molecule has 0 spiro atoms. The van der Waals surface area contributed by atoms with E-state index in [0.717, 1.165) is 19.4 Å². The van der Waals surface area contributed by atoms with Crippen molar-refractivity contribution in [2.45, 2.75) is 31.4 Å². The summed E-state index contributed by atoms with van der Waals surface area (Å²) in [6.07, 6.45) is 3.58. The maximum absolute atomic E-state index is 8.25. The predicted molar refractivity (Wildman–Crippen MR) is 40.0 cm³/mol. The first kappa shape index (κ1) is 6.95. The number of hydrogen-bond donors (Lipinski definition) is 0. The Bertz CT molecular complexity index is 200. The Morgan fingerprint density at radius 3 is 3.09 bits per heavy atom. The van der Waals surface area contributed by atoms with Crippen LogP contribution in [0.3, 0.4) is 0 Å². The van der Waals surface area contributed by atoms with Crippen LogP contribution >= 0.6 is 0 Å².